The van der Waals surface area contributed by atoms with Gasteiger partial charge in [0.25, 0.3) is 0 Å². The smallest absolute Gasteiger partial charge is 0.0510 e. The molecule has 1 N–H and O–H groups in total. The third-order valence-corrected chi connectivity index (χ3v) is 3.92. The molecule has 0 saturated carbocycles. The van der Waals surface area contributed by atoms with Crippen LogP contribution in [0.4, 0.5) is 0 Å². The molecule has 0 radical (unpaired) electrons. The number of nitrogens with zero attached hydrogens (tertiary/aromatic N) is 1. The Hall–Kier alpha value is -1.28. The van der Waals surface area contributed by atoms with Gasteiger partial charge in [-0.2, -0.15) is 0 Å². The van der Waals surface area contributed by atoms with Crippen molar-refractivity contribution in [3.05, 3.63) is 35.0 Å². The van der Waals surface area contributed by atoms with Crippen LogP contribution in [0.5, 0.6) is 0 Å². The minimum atomic E-state index is 0.548. The topological polar surface area (TPSA) is 17.0 Å². The predicted octanol–water partition coefficient (Wildman–Crippen LogP) is 3.22. The van der Waals surface area contributed by atoms with Crippen molar-refractivity contribution >= 4 is 10.9 Å². The molecule has 17 heavy (non-hydrogen) atoms. The molecule has 90 valence electrons. The average Bonchev–Trinajstić information content (AvgIpc) is 2.85. The first-order valence-electron chi connectivity index (χ1n) is 6.47. The van der Waals surface area contributed by atoms with E-state index in [0.29, 0.717) is 6.04 Å². The van der Waals surface area contributed by atoms with Gasteiger partial charge in [-0.05, 0) is 50.9 Å². The van der Waals surface area contributed by atoms with Gasteiger partial charge in [0.15, 0.2) is 0 Å². The minimum Gasteiger partial charge on any atom is -0.346 e. The summed E-state index contributed by atoms with van der Waals surface area (Å²) in [5.41, 5.74) is 5.56. The van der Waals surface area contributed by atoms with E-state index in [1.165, 1.54) is 40.6 Å². The second kappa shape index (κ2) is 3.88. The van der Waals surface area contributed by atoms with Gasteiger partial charge in [0, 0.05) is 24.2 Å². The Morgan fingerprint density at radius 1 is 1.24 bits per heavy atom. The zero-order chi connectivity index (χ0) is 12.0. The Labute approximate surface area is 103 Å². The molecule has 1 aromatic carbocycles. The molecule has 0 spiro atoms. The third-order valence-electron chi connectivity index (χ3n) is 3.92. The fraction of sp³-hybridized carbons (Fsp3) is 0.467. The van der Waals surface area contributed by atoms with Crippen LogP contribution in [-0.2, 0) is 7.05 Å². The lowest BCUT2D eigenvalue weighted by Crippen LogP contribution is -2.15. The predicted molar refractivity (Wildman–Crippen MR) is 72.4 cm³/mol. The highest BCUT2D eigenvalue weighted by Gasteiger charge is 2.20. The molecule has 1 atom stereocenters. The number of hydrogen-bond donors (Lipinski definition) is 1. The van der Waals surface area contributed by atoms with E-state index in [-0.39, 0.29) is 0 Å². The van der Waals surface area contributed by atoms with Gasteiger partial charge in [-0.15, -0.1) is 0 Å². The average molecular weight is 228 g/mol. The first kappa shape index (κ1) is 10.8. The zero-order valence-electron chi connectivity index (χ0n) is 10.9. The molecule has 0 aliphatic carbocycles. The molecule has 2 heterocycles. The summed E-state index contributed by atoms with van der Waals surface area (Å²) in [5, 5.41) is 4.97. The lowest BCUT2D eigenvalue weighted by molar-refractivity contribution is 0.604. The Bertz CT molecular complexity index is 560. The first-order valence-corrected chi connectivity index (χ1v) is 6.47. The van der Waals surface area contributed by atoms with Crippen LogP contribution < -0.4 is 5.32 Å². The van der Waals surface area contributed by atoms with Gasteiger partial charge in [0.1, 0.15) is 0 Å². The van der Waals surface area contributed by atoms with Crippen LogP contribution in [0, 0.1) is 13.8 Å². The molecule has 1 saturated heterocycles. The van der Waals surface area contributed by atoms with Crippen LogP contribution >= 0.6 is 0 Å². The number of benzene rings is 1. The van der Waals surface area contributed by atoms with E-state index in [0.717, 1.165) is 6.54 Å². The molecule has 2 aromatic rings. The summed E-state index contributed by atoms with van der Waals surface area (Å²) in [6.45, 7) is 5.54. The number of rotatable bonds is 1. The molecule has 1 unspecified atom stereocenters. The number of fused-ring (bicyclic) bond motifs is 1. The number of aromatic nitrogens is 1. The summed E-state index contributed by atoms with van der Waals surface area (Å²) < 4.78 is 2.37. The van der Waals surface area contributed by atoms with E-state index in [1.807, 2.05) is 0 Å². The molecule has 0 amide bonds. The number of aryl methyl sites for hydroxylation is 3. The van der Waals surface area contributed by atoms with Gasteiger partial charge < -0.3 is 9.88 Å². The lowest BCUT2D eigenvalue weighted by Gasteiger charge is -2.12. The summed E-state index contributed by atoms with van der Waals surface area (Å²) in [6.07, 6.45) is 2.56. The van der Waals surface area contributed by atoms with E-state index in [9.17, 15) is 0 Å². The van der Waals surface area contributed by atoms with Gasteiger partial charge >= 0.3 is 0 Å². The van der Waals surface area contributed by atoms with Crippen molar-refractivity contribution in [2.24, 2.45) is 7.05 Å². The van der Waals surface area contributed by atoms with E-state index in [4.69, 9.17) is 0 Å². The highest BCUT2D eigenvalue weighted by Crippen LogP contribution is 2.30. The second-order valence-corrected chi connectivity index (χ2v) is 5.30. The number of hydrogen-bond acceptors (Lipinski definition) is 1. The summed E-state index contributed by atoms with van der Waals surface area (Å²) in [5.74, 6) is 0. The Kier molecular flexibility index (Phi) is 2.48. The molecule has 1 fully saturated rings. The second-order valence-electron chi connectivity index (χ2n) is 5.30. The Morgan fingerprint density at radius 3 is 2.76 bits per heavy atom. The largest absolute Gasteiger partial charge is 0.346 e. The Balaban J connectivity index is 2.20. The normalized spacial score (nSPS) is 20.3. The first-order chi connectivity index (χ1) is 8.16. The summed E-state index contributed by atoms with van der Waals surface area (Å²) in [4.78, 5) is 0. The number of nitrogens with one attached hydrogen (secondary N) is 1. The molecule has 2 nitrogen and oxygen atoms in total. The van der Waals surface area contributed by atoms with E-state index in [1.54, 1.807) is 0 Å². The van der Waals surface area contributed by atoms with Crippen LogP contribution in [-0.4, -0.2) is 11.1 Å². The lowest BCUT2D eigenvalue weighted by atomic mass is 10.1. The highest BCUT2D eigenvalue weighted by molar-refractivity contribution is 5.85. The van der Waals surface area contributed by atoms with Crippen molar-refractivity contribution in [3.63, 3.8) is 0 Å². The Morgan fingerprint density at radius 2 is 2.06 bits per heavy atom. The van der Waals surface area contributed by atoms with Gasteiger partial charge in [-0.3, -0.25) is 0 Å². The SMILES string of the molecule is Cc1cc(C)c2c(c1)cc(C1CCCN1)n2C. The maximum absolute atomic E-state index is 3.59. The third kappa shape index (κ3) is 1.67. The van der Waals surface area contributed by atoms with Crippen molar-refractivity contribution in [3.8, 4) is 0 Å². The van der Waals surface area contributed by atoms with E-state index >= 15 is 0 Å². The van der Waals surface area contributed by atoms with Crippen LogP contribution in [0.25, 0.3) is 10.9 Å². The van der Waals surface area contributed by atoms with Crippen LogP contribution in [0.15, 0.2) is 18.2 Å². The molecule has 2 heteroatoms. The molecule has 1 aliphatic rings. The fourth-order valence-corrected chi connectivity index (χ4v) is 3.22. The molecule has 3 rings (SSSR count). The summed E-state index contributed by atoms with van der Waals surface area (Å²) in [6, 6.07) is 7.47. The molecule has 1 aromatic heterocycles. The van der Waals surface area contributed by atoms with Crippen LogP contribution in [0.3, 0.4) is 0 Å². The molecular weight excluding hydrogens is 208 g/mol. The monoisotopic (exact) mass is 228 g/mol. The fourth-order valence-electron chi connectivity index (χ4n) is 3.22. The van der Waals surface area contributed by atoms with Crippen molar-refractivity contribution in [2.45, 2.75) is 32.7 Å². The van der Waals surface area contributed by atoms with Gasteiger partial charge in [0.2, 0.25) is 0 Å². The summed E-state index contributed by atoms with van der Waals surface area (Å²) in [7, 11) is 2.19. The zero-order valence-corrected chi connectivity index (χ0v) is 10.9. The minimum absolute atomic E-state index is 0.548. The van der Waals surface area contributed by atoms with Crippen LogP contribution in [0.1, 0.15) is 35.7 Å². The summed E-state index contributed by atoms with van der Waals surface area (Å²) >= 11 is 0. The molecule has 1 aliphatic heterocycles. The van der Waals surface area contributed by atoms with Gasteiger partial charge in [-0.1, -0.05) is 11.6 Å². The quantitative estimate of drug-likeness (QED) is 0.793. The van der Waals surface area contributed by atoms with Crippen molar-refractivity contribution in [1.29, 1.82) is 0 Å². The highest BCUT2D eigenvalue weighted by atomic mass is 15.0. The maximum atomic E-state index is 3.59. The van der Waals surface area contributed by atoms with E-state index in [2.05, 4.69) is 49.0 Å². The van der Waals surface area contributed by atoms with Gasteiger partial charge in [-0.25, -0.2) is 0 Å². The maximum Gasteiger partial charge on any atom is 0.0510 e. The van der Waals surface area contributed by atoms with Crippen molar-refractivity contribution in [1.82, 2.24) is 9.88 Å². The van der Waals surface area contributed by atoms with E-state index < -0.39 is 0 Å². The molecule has 0 bridgehead atoms. The van der Waals surface area contributed by atoms with Gasteiger partial charge in [0.05, 0.1) is 5.52 Å². The van der Waals surface area contributed by atoms with Crippen molar-refractivity contribution in [2.75, 3.05) is 6.54 Å². The van der Waals surface area contributed by atoms with Crippen molar-refractivity contribution < 1.29 is 0 Å². The molecular formula is C15H20N2. The standard InChI is InChI=1S/C15H20N2/c1-10-7-11(2)15-12(8-10)9-14(17(15)3)13-5-4-6-16-13/h7-9,13,16H,4-6H2,1-3H3. The van der Waals surface area contributed by atoms with Crippen LogP contribution in [0.2, 0.25) is 0 Å².